The third kappa shape index (κ3) is 3.29. The van der Waals surface area contributed by atoms with Gasteiger partial charge in [-0.15, -0.1) is 0 Å². The highest BCUT2D eigenvalue weighted by molar-refractivity contribution is 5.97. The third-order valence-electron chi connectivity index (χ3n) is 2.32. The molecule has 17 heavy (non-hydrogen) atoms. The minimum atomic E-state index is -0.599. The van der Waals surface area contributed by atoms with Gasteiger partial charge in [-0.25, -0.2) is 4.79 Å². The number of esters is 1. The van der Waals surface area contributed by atoms with Crippen LogP contribution in [0.4, 0.5) is 5.69 Å². The van der Waals surface area contributed by atoms with Gasteiger partial charge in [0.25, 0.3) is 0 Å². The lowest BCUT2D eigenvalue weighted by atomic mass is 10.1. The molecule has 0 fully saturated rings. The first-order valence-corrected chi connectivity index (χ1v) is 5.21. The van der Waals surface area contributed by atoms with E-state index in [0.29, 0.717) is 11.3 Å². The molecule has 0 saturated carbocycles. The van der Waals surface area contributed by atoms with E-state index in [1.54, 1.807) is 32.0 Å². The molecular formula is C12H16N2O3. The lowest BCUT2D eigenvalue weighted by Gasteiger charge is -2.10. The number of aryl methyl sites for hydroxylation is 1. The second-order valence-corrected chi connectivity index (χ2v) is 3.80. The van der Waals surface area contributed by atoms with Gasteiger partial charge in [-0.1, -0.05) is 6.07 Å². The predicted octanol–water partition coefficient (Wildman–Crippen LogP) is 1.07. The fraction of sp³-hybridized carbons (Fsp3) is 0.333. The molecule has 1 rings (SSSR count). The standard InChI is InChI=1S/C12H16N2O3/c1-7-4-5-9(14-11(15)8(2)13)6-10(7)12(16)17-3/h4-6,8H,13H2,1-3H3,(H,14,15)/t8-/m0/s1. The van der Waals surface area contributed by atoms with Crippen LogP contribution in [0.3, 0.4) is 0 Å². The molecule has 5 heteroatoms. The minimum absolute atomic E-state index is 0.301. The van der Waals surface area contributed by atoms with Crippen molar-refractivity contribution in [2.45, 2.75) is 19.9 Å². The van der Waals surface area contributed by atoms with E-state index in [1.165, 1.54) is 7.11 Å². The van der Waals surface area contributed by atoms with Crippen LogP contribution < -0.4 is 11.1 Å². The van der Waals surface area contributed by atoms with Crippen molar-refractivity contribution < 1.29 is 14.3 Å². The lowest BCUT2D eigenvalue weighted by molar-refractivity contribution is -0.117. The maximum Gasteiger partial charge on any atom is 0.338 e. The fourth-order valence-electron chi connectivity index (χ4n) is 1.29. The van der Waals surface area contributed by atoms with E-state index in [1.807, 2.05) is 0 Å². The number of rotatable bonds is 3. The number of nitrogens with two attached hydrogens (primary N) is 1. The molecule has 0 aliphatic heterocycles. The Morgan fingerprint density at radius 2 is 2.06 bits per heavy atom. The summed E-state index contributed by atoms with van der Waals surface area (Å²) in [6, 6.07) is 4.42. The van der Waals surface area contributed by atoms with Crippen LogP contribution in [0.15, 0.2) is 18.2 Å². The predicted molar refractivity (Wildman–Crippen MR) is 64.8 cm³/mol. The fourth-order valence-corrected chi connectivity index (χ4v) is 1.29. The summed E-state index contributed by atoms with van der Waals surface area (Å²) in [7, 11) is 1.31. The zero-order valence-electron chi connectivity index (χ0n) is 10.1. The number of amides is 1. The summed E-state index contributed by atoms with van der Waals surface area (Å²) in [5.41, 5.74) is 7.17. The average molecular weight is 236 g/mol. The highest BCUT2D eigenvalue weighted by Gasteiger charge is 2.12. The number of anilines is 1. The van der Waals surface area contributed by atoms with Crippen molar-refractivity contribution >= 4 is 17.6 Å². The molecular weight excluding hydrogens is 220 g/mol. The average Bonchev–Trinajstić information content (AvgIpc) is 2.30. The van der Waals surface area contributed by atoms with Crippen LogP contribution >= 0.6 is 0 Å². The van der Waals surface area contributed by atoms with Gasteiger partial charge in [0.2, 0.25) is 5.91 Å². The zero-order valence-corrected chi connectivity index (χ0v) is 10.1. The van der Waals surface area contributed by atoms with Crippen molar-refractivity contribution in [3.8, 4) is 0 Å². The number of methoxy groups -OCH3 is 1. The van der Waals surface area contributed by atoms with Crippen LogP contribution in [0.2, 0.25) is 0 Å². The second-order valence-electron chi connectivity index (χ2n) is 3.80. The molecule has 0 aliphatic rings. The highest BCUT2D eigenvalue weighted by Crippen LogP contribution is 2.16. The molecule has 1 aromatic carbocycles. The summed E-state index contributed by atoms with van der Waals surface area (Å²) >= 11 is 0. The Balaban J connectivity index is 2.97. The maximum atomic E-state index is 11.4. The molecule has 3 N–H and O–H groups in total. The van der Waals surface area contributed by atoms with Crippen LogP contribution in [0.5, 0.6) is 0 Å². The molecule has 0 saturated heterocycles. The highest BCUT2D eigenvalue weighted by atomic mass is 16.5. The zero-order chi connectivity index (χ0) is 13.0. The van der Waals surface area contributed by atoms with E-state index in [4.69, 9.17) is 5.73 Å². The van der Waals surface area contributed by atoms with Crippen LogP contribution in [0.25, 0.3) is 0 Å². The number of carbonyl (C=O) groups is 2. The molecule has 1 amide bonds. The molecule has 92 valence electrons. The molecule has 0 radical (unpaired) electrons. The topological polar surface area (TPSA) is 81.4 Å². The van der Waals surface area contributed by atoms with E-state index in [0.717, 1.165) is 5.56 Å². The van der Waals surface area contributed by atoms with Crippen LogP contribution in [0, 0.1) is 6.92 Å². The van der Waals surface area contributed by atoms with E-state index in [9.17, 15) is 9.59 Å². The number of benzene rings is 1. The van der Waals surface area contributed by atoms with Crippen LogP contribution in [-0.4, -0.2) is 25.0 Å². The Morgan fingerprint density at radius 1 is 1.41 bits per heavy atom. The van der Waals surface area contributed by atoms with Gasteiger partial charge in [0.15, 0.2) is 0 Å². The second kappa shape index (κ2) is 5.45. The SMILES string of the molecule is COC(=O)c1cc(NC(=O)[C@H](C)N)ccc1C. The van der Waals surface area contributed by atoms with Gasteiger partial charge in [0.05, 0.1) is 18.7 Å². The molecule has 0 aliphatic carbocycles. The molecule has 1 aromatic rings. The summed E-state index contributed by atoms with van der Waals surface area (Å²) in [4.78, 5) is 22.8. The Labute approximate surface area is 99.9 Å². The van der Waals surface area contributed by atoms with Gasteiger partial charge in [-0.2, -0.15) is 0 Å². The van der Waals surface area contributed by atoms with E-state index in [2.05, 4.69) is 10.1 Å². The Morgan fingerprint density at radius 3 is 2.59 bits per heavy atom. The number of hydrogen-bond donors (Lipinski definition) is 2. The Kier molecular flexibility index (Phi) is 4.23. The van der Waals surface area contributed by atoms with Crippen molar-refractivity contribution in [3.63, 3.8) is 0 Å². The van der Waals surface area contributed by atoms with Gasteiger partial charge in [-0.05, 0) is 31.5 Å². The Bertz CT molecular complexity index is 441. The number of carbonyl (C=O) groups excluding carboxylic acids is 2. The van der Waals surface area contributed by atoms with Gasteiger partial charge >= 0.3 is 5.97 Å². The van der Waals surface area contributed by atoms with Crippen molar-refractivity contribution in [3.05, 3.63) is 29.3 Å². The quantitative estimate of drug-likeness (QED) is 0.769. The third-order valence-corrected chi connectivity index (χ3v) is 2.32. The molecule has 0 heterocycles. The van der Waals surface area contributed by atoms with Crippen LogP contribution in [-0.2, 0) is 9.53 Å². The summed E-state index contributed by atoms with van der Waals surface area (Å²) in [6.07, 6.45) is 0. The largest absolute Gasteiger partial charge is 0.465 e. The number of nitrogens with one attached hydrogen (secondary N) is 1. The van der Waals surface area contributed by atoms with Gasteiger partial charge in [0, 0.05) is 5.69 Å². The molecule has 1 atom stereocenters. The van der Waals surface area contributed by atoms with Gasteiger partial charge in [0.1, 0.15) is 0 Å². The summed E-state index contributed by atoms with van der Waals surface area (Å²) < 4.78 is 4.65. The summed E-state index contributed by atoms with van der Waals surface area (Å²) in [5, 5.41) is 2.62. The first-order chi connectivity index (χ1) is 7.95. The first-order valence-electron chi connectivity index (χ1n) is 5.21. The molecule has 0 aromatic heterocycles. The van der Waals surface area contributed by atoms with Gasteiger partial charge < -0.3 is 15.8 Å². The van der Waals surface area contributed by atoms with E-state index < -0.39 is 12.0 Å². The minimum Gasteiger partial charge on any atom is -0.465 e. The molecule has 5 nitrogen and oxygen atoms in total. The van der Waals surface area contributed by atoms with E-state index >= 15 is 0 Å². The number of hydrogen-bond acceptors (Lipinski definition) is 4. The van der Waals surface area contributed by atoms with Crippen molar-refractivity contribution in [2.24, 2.45) is 5.73 Å². The van der Waals surface area contributed by atoms with Crippen molar-refractivity contribution in [2.75, 3.05) is 12.4 Å². The van der Waals surface area contributed by atoms with Crippen molar-refractivity contribution in [1.82, 2.24) is 0 Å². The summed E-state index contributed by atoms with van der Waals surface area (Å²) in [5.74, 6) is -0.732. The lowest BCUT2D eigenvalue weighted by Crippen LogP contribution is -2.32. The summed E-state index contributed by atoms with van der Waals surface area (Å²) in [6.45, 7) is 3.38. The Hall–Kier alpha value is -1.88. The molecule has 0 bridgehead atoms. The monoisotopic (exact) mass is 236 g/mol. The molecule has 0 spiro atoms. The van der Waals surface area contributed by atoms with Gasteiger partial charge in [-0.3, -0.25) is 4.79 Å². The molecule has 0 unspecified atom stereocenters. The smallest absolute Gasteiger partial charge is 0.338 e. The van der Waals surface area contributed by atoms with E-state index in [-0.39, 0.29) is 5.91 Å². The van der Waals surface area contributed by atoms with Crippen molar-refractivity contribution in [1.29, 1.82) is 0 Å². The van der Waals surface area contributed by atoms with Crippen LogP contribution in [0.1, 0.15) is 22.8 Å². The normalized spacial score (nSPS) is 11.8. The first kappa shape index (κ1) is 13.2. The maximum absolute atomic E-state index is 11.4. The number of ether oxygens (including phenoxy) is 1.